The molecule has 2 aliphatic rings. The van der Waals surface area contributed by atoms with Crippen LogP contribution in [-0.2, 0) is 6.42 Å². The van der Waals surface area contributed by atoms with E-state index in [0.717, 1.165) is 6.42 Å². The number of rotatable bonds is 1. The fourth-order valence-electron chi connectivity index (χ4n) is 4.45. The summed E-state index contributed by atoms with van der Waals surface area (Å²) in [6.45, 7) is 4.54. The van der Waals surface area contributed by atoms with Crippen LogP contribution in [0.15, 0.2) is 60.9 Å². The molecule has 124 valence electrons. The highest BCUT2D eigenvalue weighted by atomic mass is 15.4. The monoisotopic (exact) mass is 326 g/mol. The predicted molar refractivity (Wildman–Crippen MR) is 106 cm³/mol. The summed E-state index contributed by atoms with van der Waals surface area (Å²) in [4.78, 5) is 4.70. The van der Waals surface area contributed by atoms with E-state index in [4.69, 9.17) is 0 Å². The Balaban J connectivity index is 1.89. The van der Waals surface area contributed by atoms with Gasteiger partial charge in [0.15, 0.2) is 0 Å². The van der Waals surface area contributed by atoms with Crippen molar-refractivity contribution in [3.05, 3.63) is 77.6 Å². The Bertz CT molecular complexity index is 1030. The van der Waals surface area contributed by atoms with E-state index in [2.05, 4.69) is 91.6 Å². The fraction of sp³-hybridized carbons (Fsp3) is 0.217. The summed E-state index contributed by atoms with van der Waals surface area (Å²) in [6.07, 6.45) is 5.76. The molecule has 2 heteroatoms. The van der Waals surface area contributed by atoms with Gasteiger partial charge in [0, 0.05) is 25.0 Å². The highest BCUT2D eigenvalue weighted by molar-refractivity contribution is 6.04. The number of anilines is 1. The quantitative estimate of drug-likeness (QED) is 0.469. The smallest absolute Gasteiger partial charge is 0.102 e. The first-order valence-corrected chi connectivity index (χ1v) is 8.98. The van der Waals surface area contributed by atoms with Gasteiger partial charge in [-0.3, -0.25) is 0 Å². The summed E-state index contributed by atoms with van der Waals surface area (Å²) in [7, 11) is 2.14. The Morgan fingerprint density at radius 1 is 0.920 bits per heavy atom. The minimum atomic E-state index is 0.330. The molecule has 1 aliphatic heterocycles. The molecule has 0 unspecified atom stereocenters. The SMILES string of the molecule is Cc1c(N2C=CN(C)[C@@H]2C)c2c(c3ccccc13)Cc1ccccc1-2. The molecule has 0 fully saturated rings. The molecule has 3 aromatic carbocycles. The Labute approximate surface area is 149 Å². The summed E-state index contributed by atoms with van der Waals surface area (Å²) >= 11 is 0. The van der Waals surface area contributed by atoms with Crippen LogP contribution >= 0.6 is 0 Å². The highest BCUT2D eigenvalue weighted by Crippen LogP contribution is 2.49. The van der Waals surface area contributed by atoms with Gasteiger partial charge in [-0.15, -0.1) is 0 Å². The van der Waals surface area contributed by atoms with Crippen molar-refractivity contribution in [3.8, 4) is 11.1 Å². The third-order valence-corrected chi connectivity index (χ3v) is 5.92. The molecule has 0 saturated carbocycles. The lowest BCUT2D eigenvalue weighted by Crippen LogP contribution is -2.34. The molecule has 0 bridgehead atoms. The van der Waals surface area contributed by atoms with Gasteiger partial charge in [-0.2, -0.15) is 0 Å². The fourth-order valence-corrected chi connectivity index (χ4v) is 4.45. The Hall–Kier alpha value is -2.74. The maximum Gasteiger partial charge on any atom is 0.102 e. The molecular formula is C23H22N2. The Morgan fingerprint density at radius 3 is 2.40 bits per heavy atom. The first-order chi connectivity index (χ1) is 12.2. The lowest BCUT2D eigenvalue weighted by molar-refractivity contribution is 0.383. The minimum Gasteiger partial charge on any atom is -0.359 e. The highest BCUT2D eigenvalue weighted by Gasteiger charge is 2.31. The van der Waals surface area contributed by atoms with Gasteiger partial charge in [-0.25, -0.2) is 0 Å². The average molecular weight is 326 g/mol. The summed E-state index contributed by atoms with van der Waals surface area (Å²) < 4.78 is 0. The molecule has 0 radical (unpaired) electrons. The van der Waals surface area contributed by atoms with Crippen LogP contribution in [0.3, 0.4) is 0 Å². The Kier molecular flexibility index (Phi) is 2.99. The Morgan fingerprint density at radius 2 is 1.64 bits per heavy atom. The van der Waals surface area contributed by atoms with E-state index in [-0.39, 0.29) is 0 Å². The molecule has 0 N–H and O–H groups in total. The van der Waals surface area contributed by atoms with Gasteiger partial charge in [0.25, 0.3) is 0 Å². The number of benzene rings is 3. The van der Waals surface area contributed by atoms with Crippen molar-refractivity contribution in [1.29, 1.82) is 0 Å². The first-order valence-electron chi connectivity index (χ1n) is 8.98. The standard InChI is InChI=1S/C23H22N2/c1-15-18-9-6-7-11-20(18)21-14-17-8-4-5-10-19(17)22(21)23(15)25-13-12-24(3)16(25)2/h4-13,16H,14H2,1-3H3/t16-/m0/s1. The van der Waals surface area contributed by atoms with Crippen LogP contribution in [-0.4, -0.2) is 18.1 Å². The molecule has 0 spiro atoms. The van der Waals surface area contributed by atoms with E-state index in [1.165, 1.54) is 44.3 Å². The van der Waals surface area contributed by atoms with Crippen molar-refractivity contribution >= 4 is 16.5 Å². The molecule has 25 heavy (non-hydrogen) atoms. The summed E-state index contributed by atoms with van der Waals surface area (Å²) in [5.74, 6) is 0. The zero-order chi connectivity index (χ0) is 17.1. The zero-order valence-corrected chi connectivity index (χ0v) is 15.0. The van der Waals surface area contributed by atoms with Gasteiger partial charge in [0.2, 0.25) is 0 Å². The third-order valence-electron chi connectivity index (χ3n) is 5.92. The van der Waals surface area contributed by atoms with Crippen LogP contribution in [0, 0.1) is 6.92 Å². The topological polar surface area (TPSA) is 6.48 Å². The van der Waals surface area contributed by atoms with Gasteiger partial charge in [-0.1, -0.05) is 48.5 Å². The van der Waals surface area contributed by atoms with E-state index in [9.17, 15) is 0 Å². The maximum absolute atomic E-state index is 2.43. The second-order valence-corrected chi connectivity index (χ2v) is 7.21. The normalized spacial score (nSPS) is 18.1. The van der Waals surface area contributed by atoms with Crippen LogP contribution in [0.2, 0.25) is 0 Å². The van der Waals surface area contributed by atoms with E-state index < -0.39 is 0 Å². The predicted octanol–water partition coefficient (Wildman–Crippen LogP) is 5.29. The van der Waals surface area contributed by atoms with E-state index in [1.54, 1.807) is 0 Å². The van der Waals surface area contributed by atoms with E-state index in [1.807, 2.05) is 0 Å². The second-order valence-electron chi connectivity index (χ2n) is 7.21. The molecule has 1 heterocycles. The van der Waals surface area contributed by atoms with Crippen LogP contribution in [0.4, 0.5) is 5.69 Å². The third kappa shape index (κ3) is 1.91. The van der Waals surface area contributed by atoms with Crippen molar-refractivity contribution in [2.45, 2.75) is 26.4 Å². The average Bonchev–Trinajstić information content (AvgIpc) is 3.18. The maximum atomic E-state index is 2.43. The number of fused-ring (bicyclic) bond motifs is 5. The molecule has 1 aliphatic carbocycles. The van der Waals surface area contributed by atoms with Gasteiger partial charge >= 0.3 is 0 Å². The number of hydrogen-bond acceptors (Lipinski definition) is 2. The van der Waals surface area contributed by atoms with Gasteiger partial charge in [-0.05, 0) is 53.3 Å². The summed E-state index contributed by atoms with van der Waals surface area (Å²) in [5, 5.41) is 2.78. The minimum absolute atomic E-state index is 0.330. The van der Waals surface area contributed by atoms with Crippen molar-refractivity contribution in [2.75, 3.05) is 11.9 Å². The molecule has 5 rings (SSSR count). The number of hydrogen-bond donors (Lipinski definition) is 0. The largest absolute Gasteiger partial charge is 0.359 e. The van der Waals surface area contributed by atoms with Gasteiger partial charge < -0.3 is 9.80 Å². The van der Waals surface area contributed by atoms with Crippen molar-refractivity contribution in [2.24, 2.45) is 0 Å². The van der Waals surface area contributed by atoms with Crippen molar-refractivity contribution in [1.82, 2.24) is 4.90 Å². The first kappa shape index (κ1) is 14.6. The number of aryl methyl sites for hydroxylation is 1. The van der Waals surface area contributed by atoms with E-state index in [0.29, 0.717) is 6.17 Å². The second kappa shape index (κ2) is 5.13. The molecule has 1 atom stereocenters. The van der Waals surface area contributed by atoms with Gasteiger partial charge in [0.05, 0.1) is 5.69 Å². The van der Waals surface area contributed by atoms with Crippen LogP contribution in [0.25, 0.3) is 21.9 Å². The van der Waals surface area contributed by atoms with Crippen LogP contribution in [0.5, 0.6) is 0 Å². The van der Waals surface area contributed by atoms with Crippen molar-refractivity contribution < 1.29 is 0 Å². The van der Waals surface area contributed by atoms with Crippen molar-refractivity contribution in [3.63, 3.8) is 0 Å². The summed E-state index contributed by atoms with van der Waals surface area (Å²) in [6, 6.07) is 17.8. The zero-order valence-electron chi connectivity index (χ0n) is 15.0. The lowest BCUT2D eigenvalue weighted by atomic mass is 9.92. The molecule has 0 aromatic heterocycles. The molecule has 3 aromatic rings. The summed E-state index contributed by atoms with van der Waals surface area (Å²) in [5.41, 5.74) is 8.49. The van der Waals surface area contributed by atoms with Gasteiger partial charge in [0.1, 0.15) is 6.17 Å². The molecule has 0 saturated heterocycles. The lowest BCUT2D eigenvalue weighted by Gasteiger charge is -2.31. The number of nitrogens with zero attached hydrogens (tertiary/aromatic N) is 2. The van der Waals surface area contributed by atoms with Crippen LogP contribution < -0.4 is 4.90 Å². The van der Waals surface area contributed by atoms with E-state index >= 15 is 0 Å². The molecular weight excluding hydrogens is 304 g/mol. The molecule has 2 nitrogen and oxygen atoms in total. The van der Waals surface area contributed by atoms with Crippen LogP contribution in [0.1, 0.15) is 23.6 Å². The molecule has 0 amide bonds.